The van der Waals surface area contributed by atoms with Gasteiger partial charge in [-0.25, -0.2) is 4.98 Å². The highest BCUT2D eigenvalue weighted by Crippen LogP contribution is 2.35. The lowest BCUT2D eigenvalue weighted by Crippen LogP contribution is -2.20. The number of thiophene rings is 1. The molecule has 4 nitrogen and oxygen atoms in total. The quantitative estimate of drug-likeness (QED) is 0.377. The fourth-order valence-electron chi connectivity index (χ4n) is 3.46. The number of hydrogen-bond acceptors (Lipinski definition) is 4. The van der Waals surface area contributed by atoms with Crippen LogP contribution in [0.2, 0.25) is 0 Å². The minimum absolute atomic E-state index is 0.0395. The van der Waals surface area contributed by atoms with E-state index in [1.807, 2.05) is 54.6 Å². The van der Waals surface area contributed by atoms with Crippen LogP contribution in [0.1, 0.15) is 23.3 Å². The Kier molecular flexibility index (Phi) is 5.76. The standard InChI is InChI=1S/C24H24N2O2S/c1-17-10-12-20(13-11-17)28-15-7-6-14-26-16-25-23-22(24(26)27)21(18(2)29-23)19-8-4-3-5-9-19/h3-5,8-13,16H,6-7,14-15H2,1-2H3. The Labute approximate surface area is 174 Å². The summed E-state index contributed by atoms with van der Waals surface area (Å²) in [7, 11) is 0. The zero-order valence-corrected chi connectivity index (χ0v) is 17.5. The van der Waals surface area contributed by atoms with E-state index in [2.05, 4.69) is 18.8 Å². The van der Waals surface area contributed by atoms with Crippen molar-refractivity contribution in [3.63, 3.8) is 0 Å². The smallest absolute Gasteiger partial charge is 0.262 e. The van der Waals surface area contributed by atoms with Crippen LogP contribution in [0.25, 0.3) is 21.3 Å². The summed E-state index contributed by atoms with van der Waals surface area (Å²) < 4.78 is 7.51. The summed E-state index contributed by atoms with van der Waals surface area (Å²) in [5, 5.41) is 0.733. The maximum Gasteiger partial charge on any atom is 0.262 e. The number of unbranched alkanes of at least 4 members (excludes halogenated alkanes) is 1. The predicted octanol–water partition coefficient (Wildman–Crippen LogP) is 5.60. The van der Waals surface area contributed by atoms with E-state index in [1.54, 1.807) is 22.2 Å². The Morgan fingerprint density at radius 2 is 1.76 bits per heavy atom. The van der Waals surface area contributed by atoms with E-state index in [9.17, 15) is 4.79 Å². The molecule has 0 fully saturated rings. The number of aryl methyl sites for hydroxylation is 3. The predicted molar refractivity (Wildman–Crippen MR) is 120 cm³/mol. The Morgan fingerprint density at radius 3 is 2.52 bits per heavy atom. The Balaban J connectivity index is 1.46. The van der Waals surface area contributed by atoms with E-state index in [0.29, 0.717) is 13.2 Å². The third-order valence-corrected chi connectivity index (χ3v) is 6.01. The molecule has 0 saturated heterocycles. The van der Waals surface area contributed by atoms with Gasteiger partial charge >= 0.3 is 0 Å². The van der Waals surface area contributed by atoms with Crippen molar-refractivity contribution < 1.29 is 4.74 Å². The van der Waals surface area contributed by atoms with Crippen molar-refractivity contribution in [1.29, 1.82) is 0 Å². The Bertz CT molecular complexity index is 1160. The van der Waals surface area contributed by atoms with E-state index >= 15 is 0 Å². The summed E-state index contributed by atoms with van der Waals surface area (Å²) in [6, 6.07) is 18.2. The van der Waals surface area contributed by atoms with Crippen LogP contribution < -0.4 is 10.3 Å². The molecule has 4 aromatic rings. The summed E-state index contributed by atoms with van der Waals surface area (Å²) >= 11 is 1.58. The van der Waals surface area contributed by atoms with Gasteiger partial charge in [0.25, 0.3) is 5.56 Å². The normalized spacial score (nSPS) is 11.1. The van der Waals surface area contributed by atoms with Crippen molar-refractivity contribution in [3.05, 3.63) is 81.7 Å². The summed E-state index contributed by atoms with van der Waals surface area (Å²) in [5.41, 5.74) is 3.34. The van der Waals surface area contributed by atoms with Gasteiger partial charge in [-0.2, -0.15) is 0 Å². The average Bonchev–Trinajstić information content (AvgIpc) is 3.08. The van der Waals surface area contributed by atoms with E-state index in [1.165, 1.54) is 5.56 Å². The third kappa shape index (κ3) is 4.25. The minimum atomic E-state index is 0.0395. The van der Waals surface area contributed by atoms with Crippen molar-refractivity contribution in [3.8, 4) is 16.9 Å². The first-order valence-electron chi connectivity index (χ1n) is 9.87. The molecule has 0 saturated carbocycles. The number of benzene rings is 2. The van der Waals surface area contributed by atoms with Crippen LogP contribution in [-0.2, 0) is 6.54 Å². The second-order valence-corrected chi connectivity index (χ2v) is 8.39. The molecule has 0 bridgehead atoms. The second-order valence-electron chi connectivity index (χ2n) is 7.19. The van der Waals surface area contributed by atoms with Crippen LogP contribution in [0.15, 0.2) is 65.7 Å². The lowest BCUT2D eigenvalue weighted by Gasteiger charge is -2.08. The van der Waals surface area contributed by atoms with Gasteiger partial charge in [-0.05, 0) is 44.4 Å². The maximum atomic E-state index is 13.2. The molecule has 2 heterocycles. The SMILES string of the molecule is Cc1ccc(OCCCCn2cnc3sc(C)c(-c4ccccc4)c3c2=O)cc1. The van der Waals surface area contributed by atoms with Gasteiger partial charge in [-0.15, -0.1) is 11.3 Å². The van der Waals surface area contributed by atoms with Crippen molar-refractivity contribution in [1.82, 2.24) is 9.55 Å². The molecule has 0 radical (unpaired) electrons. The molecule has 0 N–H and O–H groups in total. The highest BCUT2D eigenvalue weighted by atomic mass is 32.1. The van der Waals surface area contributed by atoms with E-state index in [4.69, 9.17) is 4.74 Å². The molecule has 5 heteroatoms. The van der Waals surface area contributed by atoms with Gasteiger partial charge in [-0.1, -0.05) is 48.0 Å². The van der Waals surface area contributed by atoms with E-state index < -0.39 is 0 Å². The number of ether oxygens (including phenoxy) is 1. The number of fused-ring (bicyclic) bond motifs is 1. The third-order valence-electron chi connectivity index (χ3n) is 5.00. The molecule has 0 spiro atoms. The monoisotopic (exact) mass is 404 g/mol. The number of nitrogens with zero attached hydrogens (tertiary/aromatic N) is 2. The fraction of sp³-hybridized carbons (Fsp3) is 0.250. The first kappa shape index (κ1) is 19.4. The second kappa shape index (κ2) is 8.62. The van der Waals surface area contributed by atoms with Crippen LogP contribution in [-0.4, -0.2) is 16.2 Å². The zero-order chi connectivity index (χ0) is 20.2. The largest absolute Gasteiger partial charge is 0.494 e. The van der Waals surface area contributed by atoms with Gasteiger partial charge in [0.2, 0.25) is 0 Å². The molecular weight excluding hydrogens is 380 g/mol. The Morgan fingerprint density at radius 1 is 1.00 bits per heavy atom. The number of hydrogen-bond donors (Lipinski definition) is 0. The lowest BCUT2D eigenvalue weighted by molar-refractivity contribution is 0.303. The summed E-state index contributed by atoms with van der Waals surface area (Å²) in [5.74, 6) is 0.886. The molecule has 0 atom stereocenters. The van der Waals surface area contributed by atoms with Gasteiger partial charge in [-0.3, -0.25) is 9.36 Å². The molecule has 0 aliphatic heterocycles. The first-order chi connectivity index (χ1) is 14.1. The molecule has 29 heavy (non-hydrogen) atoms. The molecule has 0 aliphatic carbocycles. The van der Waals surface area contributed by atoms with Crippen molar-refractivity contribution in [2.24, 2.45) is 0 Å². The van der Waals surface area contributed by atoms with Gasteiger partial charge in [0.1, 0.15) is 10.6 Å². The molecule has 0 unspecified atom stereocenters. The van der Waals surface area contributed by atoms with Gasteiger partial charge in [0.05, 0.1) is 18.3 Å². The van der Waals surface area contributed by atoms with E-state index in [-0.39, 0.29) is 5.56 Å². The molecular formula is C24H24N2O2S. The van der Waals surface area contributed by atoms with Gasteiger partial charge in [0, 0.05) is 17.0 Å². The zero-order valence-electron chi connectivity index (χ0n) is 16.7. The number of aromatic nitrogens is 2. The maximum absolute atomic E-state index is 13.2. The lowest BCUT2D eigenvalue weighted by atomic mass is 10.0. The fourth-order valence-corrected chi connectivity index (χ4v) is 4.46. The molecule has 0 aliphatic rings. The molecule has 2 aromatic carbocycles. The molecule has 4 rings (SSSR count). The van der Waals surface area contributed by atoms with Gasteiger partial charge in [0.15, 0.2) is 0 Å². The summed E-state index contributed by atoms with van der Waals surface area (Å²) in [4.78, 5) is 19.6. The minimum Gasteiger partial charge on any atom is -0.494 e. The number of rotatable bonds is 7. The van der Waals surface area contributed by atoms with Crippen LogP contribution in [0.4, 0.5) is 0 Å². The van der Waals surface area contributed by atoms with Crippen LogP contribution in [0.5, 0.6) is 5.75 Å². The first-order valence-corrected chi connectivity index (χ1v) is 10.7. The highest BCUT2D eigenvalue weighted by Gasteiger charge is 2.16. The van der Waals surface area contributed by atoms with Crippen LogP contribution in [0.3, 0.4) is 0 Å². The van der Waals surface area contributed by atoms with Crippen molar-refractivity contribution >= 4 is 21.6 Å². The summed E-state index contributed by atoms with van der Waals surface area (Å²) in [6.07, 6.45) is 3.42. The van der Waals surface area contributed by atoms with Crippen molar-refractivity contribution in [2.45, 2.75) is 33.2 Å². The molecule has 148 valence electrons. The van der Waals surface area contributed by atoms with Gasteiger partial charge < -0.3 is 4.74 Å². The average molecular weight is 405 g/mol. The Hall–Kier alpha value is -2.92. The van der Waals surface area contributed by atoms with E-state index in [0.717, 1.165) is 44.8 Å². The summed E-state index contributed by atoms with van der Waals surface area (Å²) in [6.45, 7) is 5.40. The van der Waals surface area contributed by atoms with Crippen LogP contribution >= 0.6 is 11.3 Å². The van der Waals surface area contributed by atoms with Crippen molar-refractivity contribution in [2.75, 3.05) is 6.61 Å². The topological polar surface area (TPSA) is 44.1 Å². The molecule has 0 amide bonds. The molecule has 2 aromatic heterocycles. The van der Waals surface area contributed by atoms with Crippen LogP contribution in [0, 0.1) is 13.8 Å². The highest BCUT2D eigenvalue weighted by molar-refractivity contribution is 7.19.